The molecule has 1 saturated heterocycles. The smallest absolute Gasteiger partial charge is 0.227 e. The quantitative estimate of drug-likeness (QED) is 0.791. The molecule has 2 aliphatic rings. The van der Waals surface area contributed by atoms with Crippen LogP contribution in [0.5, 0.6) is 5.75 Å². The Morgan fingerprint density at radius 1 is 1.07 bits per heavy atom. The molecule has 0 bridgehead atoms. The van der Waals surface area contributed by atoms with Crippen molar-refractivity contribution >= 4 is 27.5 Å². The molecular formula is C19H25N5O3S. The number of aryl methyl sites for hydroxylation is 1. The number of sulfonamides is 1. The molecule has 2 aromatic rings. The van der Waals surface area contributed by atoms with E-state index in [1.54, 1.807) is 11.4 Å². The number of hydrogen-bond acceptors (Lipinski definition) is 7. The van der Waals surface area contributed by atoms with Crippen LogP contribution in [-0.4, -0.2) is 61.2 Å². The molecule has 1 saturated carbocycles. The van der Waals surface area contributed by atoms with Crippen molar-refractivity contribution in [2.75, 3.05) is 43.5 Å². The summed E-state index contributed by atoms with van der Waals surface area (Å²) in [6.45, 7) is 4.09. The Hall–Kier alpha value is -2.39. The molecule has 2 fully saturated rings. The number of rotatable bonds is 6. The number of aromatic nitrogens is 2. The molecule has 1 aromatic heterocycles. The fraction of sp³-hybridized carbons (Fsp3) is 0.474. The molecule has 0 radical (unpaired) electrons. The molecule has 150 valence electrons. The van der Waals surface area contributed by atoms with Crippen LogP contribution in [0.25, 0.3) is 0 Å². The summed E-state index contributed by atoms with van der Waals surface area (Å²) in [6, 6.07) is 9.52. The van der Waals surface area contributed by atoms with Crippen molar-refractivity contribution in [2.45, 2.75) is 25.0 Å². The lowest BCUT2D eigenvalue weighted by Crippen LogP contribution is -2.50. The zero-order valence-electron chi connectivity index (χ0n) is 16.1. The van der Waals surface area contributed by atoms with Gasteiger partial charge in [-0.25, -0.2) is 13.4 Å². The van der Waals surface area contributed by atoms with Crippen molar-refractivity contribution in [3.05, 3.63) is 36.0 Å². The van der Waals surface area contributed by atoms with Gasteiger partial charge in [-0.3, -0.25) is 0 Å². The Morgan fingerprint density at radius 2 is 1.75 bits per heavy atom. The monoisotopic (exact) mass is 403 g/mol. The van der Waals surface area contributed by atoms with Gasteiger partial charge < -0.3 is 15.0 Å². The number of benzene rings is 1. The van der Waals surface area contributed by atoms with E-state index < -0.39 is 10.0 Å². The van der Waals surface area contributed by atoms with Gasteiger partial charge in [-0.1, -0.05) is 0 Å². The maximum atomic E-state index is 12.4. The van der Waals surface area contributed by atoms with Gasteiger partial charge >= 0.3 is 0 Å². The maximum absolute atomic E-state index is 12.4. The van der Waals surface area contributed by atoms with Gasteiger partial charge in [0.1, 0.15) is 11.6 Å². The lowest BCUT2D eigenvalue weighted by Gasteiger charge is -2.34. The second kappa shape index (κ2) is 7.56. The van der Waals surface area contributed by atoms with Crippen molar-refractivity contribution in [1.29, 1.82) is 0 Å². The number of nitrogens with zero attached hydrogens (tertiary/aromatic N) is 4. The molecule has 4 rings (SSSR count). The highest BCUT2D eigenvalue weighted by molar-refractivity contribution is 7.90. The topological polar surface area (TPSA) is 87.7 Å². The Bertz CT molecular complexity index is 937. The summed E-state index contributed by atoms with van der Waals surface area (Å²) < 4.78 is 31.6. The van der Waals surface area contributed by atoms with E-state index in [9.17, 15) is 8.42 Å². The predicted octanol–water partition coefficient (Wildman–Crippen LogP) is 2.15. The fourth-order valence-electron chi connectivity index (χ4n) is 3.30. The number of methoxy groups -OCH3 is 1. The normalized spacial score (nSPS) is 18.1. The summed E-state index contributed by atoms with van der Waals surface area (Å²) in [5.74, 6) is 2.13. The van der Waals surface area contributed by atoms with Gasteiger partial charge in [0.05, 0.1) is 12.4 Å². The molecular weight excluding hydrogens is 378 g/mol. The first kappa shape index (κ1) is 18.9. The van der Waals surface area contributed by atoms with Crippen molar-refractivity contribution in [3.63, 3.8) is 0 Å². The summed E-state index contributed by atoms with van der Waals surface area (Å²) in [5.41, 5.74) is 1.76. The van der Waals surface area contributed by atoms with Crippen LogP contribution >= 0.6 is 0 Å². The van der Waals surface area contributed by atoms with Crippen molar-refractivity contribution in [3.8, 4) is 5.75 Å². The Morgan fingerprint density at radius 3 is 2.36 bits per heavy atom. The average Bonchev–Trinajstić information content (AvgIpc) is 3.54. The average molecular weight is 404 g/mol. The largest absolute Gasteiger partial charge is 0.497 e. The summed E-state index contributed by atoms with van der Waals surface area (Å²) in [5, 5.41) is 3.13. The van der Waals surface area contributed by atoms with E-state index >= 15 is 0 Å². The number of ether oxygens (including phenoxy) is 1. The zero-order valence-corrected chi connectivity index (χ0v) is 16.9. The minimum absolute atomic E-state index is 0.158. The standard InChI is InChI=1S/C19H25N5O3S/c1-14-13-18(21-15-3-5-16(27-2)6-4-15)22-19(20-14)23-9-11-24(12-10-23)28(25,26)17-7-8-17/h3-6,13,17H,7-12H2,1-2H3,(H,20,21,22). The van der Waals surface area contributed by atoms with E-state index in [2.05, 4.69) is 15.3 Å². The fourth-order valence-corrected chi connectivity index (χ4v) is 5.13. The van der Waals surface area contributed by atoms with Crippen LogP contribution in [0.2, 0.25) is 0 Å². The second-order valence-corrected chi connectivity index (χ2v) is 9.39. The molecule has 8 nitrogen and oxygen atoms in total. The van der Waals surface area contributed by atoms with Gasteiger partial charge in [0.25, 0.3) is 0 Å². The van der Waals surface area contributed by atoms with Crippen LogP contribution in [0.4, 0.5) is 17.5 Å². The Balaban J connectivity index is 1.45. The number of nitrogens with one attached hydrogen (secondary N) is 1. The van der Waals surface area contributed by atoms with Crippen LogP contribution < -0.4 is 15.0 Å². The van der Waals surface area contributed by atoms with E-state index in [0.717, 1.165) is 30.0 Å². The van der Waals surface area contributed by atoms with E-state index in [4.69, 9.17) is 4.74 Å². The van der Waals surface area contributed by atoms with Crippen LogP contribution in [-0.2, 0) is 10.0 Å². The van der Waals surface area contributed by atoms with Gasteiger partial charge in [0.15, 0.2) is 0 Å². The van der Waals surface area contributed by atoms with Gasteiger partial charge in [-0.15, -0.1) is 0 Å². The first-order chi connectivity index (χ1) is 13.5. The van der Waals surface area contributed by atoms with Crippen molar-refractivity contribution < 1.29 is 13.2 Å². The van der Waals surface area contributed by atoms with Crippen LogP contribution in [0.3, 0.4) is 0 Å². The lowest BCUT2D eigenvalue weighted by molar-refractivity contribution is 0.382. The molecule has 0 spiro atoms. The SMILES string of the molecule is COc1ccc(Nc2cc(C)nc(N3CCN(S(=O)(=O)C4CC4)CC3)n2)cc1. The van der Waals surface area contributed by atoms with E-state index in [1.807, 2.05) is 42.2 Å². The Labute approximate surface area is 165 Å². The molecule has 9 heteroatoms. The minimum Gasteiger partial charge on any atom is -0.497 e. The van der Waals surface area contributed by atoms with Gasteiger partial charge in [0, 0.05) is 43.6 Å². The molecule has 0 amide bonds. The van der Waals surface area contributed by atoms with Gasteiger partial charge in [-0.05, 0) is 44.0 Å². The first-order valence-electron chi connectivity index (χ1n) is 9.46. The third-order valence-electron chi connectivity index (χ3n) is 5.03. The highest BCUT2D eigenvalue weighted by Gasteiger charge is 2.41. The molecule has 0 atom stereocenters. The molecule has 1 aliphatic carbocycles. The number of piperazine rings is 1. The maximum Gasteiger partial charge on any atom is 0.227 e. The summed E-state index contributed by atoms with van der Waals surface area (Å²) >= 11 is 0. The molecule has 1 aliphatic heterocycles. The van der Waals surface area contributed by atoms with Crippen LogP contribution in [0.1, 0.15) is 18.5 Å². The third-order valence-corrected chi connectivity index (χ3v) is 7.43. The summed E-state index contributed by atoms with van der Waals surface area (Å²) in [4.78, 5) is 11.2. The third kappa shape index (κ3) is 4.05. The minimum atomic E-state index is -3.11. The zero-order chi connectivity index (χ0) is 19.7. The van der Waals surface area contributed by atoms with E-state index in [0.29, 0.717) is 37.9 Å². The molecule has 2 heterocycles. The lowest BCUT2D eigenvalue weighted by atomic mass is 10.3. The number of anilines is 3. The van der Waals surface area contributed by atoms with Gasteiger partial charge in [0.2, 0.25) is 16.0 Å². The van der Waals surface area contributed by atoms with E-state index in [-0.39, 0.29) is 5.25 Å². The first-order valence-corrected chi connectivity index (χ1v) is 11.0. The van der Waals surface area contributed by atoms with Crippen molar-refractivity contribution in [1.82, 2.24) is 14.3 Å². The van der Waals surface area contributed by atoms with Crippen LogP contribution in [0.15, 0.2) is 30.3 Å². The number of hydrogen-bond donors (Lipinski definition) is 1. The molecule has 1 aromatic carbocycles. The highest BCUT2D eigenvalue weighted by Crippen LogP contribution is 2.31. The second-order valence-electron chi connectivity index (χ2n) is 7.18. The van der Waals surface area contributed by atoms with Crippen LogP contribution in [0, 0.1) is 6.92 Å². The van der Waals surface area contributed by atoms with Crippen molar-refractivity contribution in [2.24, 2.45) is 0 Å². The summed E-state index contributed by atoms with van der Waals surface area (Å²) in [7, 11) is -1.48. The highest BCUT2D eigenvalue weighted by atomic mass is 32.2. The molecule has 0 unspecified atom stereocenters. The Kier molecular flexibility index (Phi) is 5.11. The van der Waals surface area contributed by atoms with E-state index in [1.165, 1.54) is 0 Å². The predicted molar refractivity (Wildman–Crippen MR) is 109 cm³/mol. The summed E-state index contributed by atoms with van der Waals surface area (Å²) in [6.07, 6.45) is 1.59. The molecule has 1 N–H and O–H groups in total. The molecule has 28 heavy (non-hydrogen) atoms. The van der Waals surface area contributed by atoms with Gasteiger partial charge in [-0.2, -0.15) is 9.29 Å².